The molecule has 0 aromatic carbocycles. The molecule has 0 radical (unpaired) electrons. The van der Waals surface area contributed by atoms with Crippen LogP contribution in [0.25, 0.3) is 0 Å². The SMILES string of the molecule is Cc1nc(C)c(C(=O)NCCC2CCCCN2S(C)(=O)=O)o1. The van der Waals surface area contributed by atoms with Gasteiger partial charge < -0.3 is 9.73 Å². The molecular weight excluding hydrogens is 306 g/mol. The molecule has 7 nitrogen and oxygen atoms in total. The molecule has 2 heterocycles. The highest BCUT2D eigenvalue weighted by atomic mass is 32.2. The number of carbonyl (C=O) groups is 1. The number of oxazole rings is 1. The molecule has 1 saturated heterocycles. The van der Waals surface area contributed by atoms with Crippen LogP contribution in [-0.4, -0.2) is 49.0 Å². The summed E-state index contributed by atoms with van der Waals surface area (Å²) in [4.78, 5) is 16.1. The minimum atomic E-state index is -3.19. The lowest BCUT2D eigenvalue weighted by Gasteiger charge is -2.33. The van der Waals surface area contributed by atoms with Crippen molar-refractivity contribution in [2.75, 3.05) is 19.3 Å². The number of piperidine rings is 1. The molecule has 1 aliphatic rings. The fourth-order valence-electron chi connectivity index (χ4n) is 2.87. The molecule has 0 spiro atoms. The third kappa shape index (κ3) is 4.07. The van der Waals surface area contributed by atoms with Crippen molar-refractivity contribution in [2.24, 2.45) is 0 Å². The summed E-state index contributed by atoms with van der Waals surface area (Å²) in [5.74, 6) is 0.374. The quantitative estimate of drug-likeness (QED) is 0.877. The van der Waals surface area contributed by atoms with E-state index in [1.54, 1.807) is 18.2 Å². The van der Waals surface area contributed by atoms with E-state index < -0.39 is 10.0 Å². The molecule has 1 N–H and O–H groups in total. The van der Waals surface area contributed by atoms with Crippen LogP contribution < -0.4 is 5.32 Å². The van der Waals surface area contributed by atoms with E-state index in [0.717, 1.165) is 19.3 Å². The van der Waals surface area contributed by atoms with Gasteiger partial charge in [0.1, 0.15) is 0 Å². The molecule has 8 heteroatoms. The van der Waals surface area contributed by atoms with Gasteiger partial charge in [0, 0.05) is 26.1 Å². The van der Waals surface area contributed by atoms with Gasteiger partial charge in [-0.2, -0.15) is 4.31 Å². The number of carbonyl (C=O) groups excluding carboxylic acids is 1. The fourth-order valence-corrected chi connectivity index (χ4v) is 4.09. The standard InChI is InChI=1S/C14H23N3O4S/c1-10-13(21-11(2)16-10)14(18)15-8-7-12-6-4-5-9-17(12)22(3,19)20/h12H,4-9H2,1-3H3,(H,15,18). The summed E-state index contributed by atoms with van der Waals surface area (Å²) in [6.07, 6.45) is 4.59. The van der Waals surface area contributed by atoms with Gasteiger partial charge in [0.25, 0.3) is 5.91 Å². The Kier molecular flexibility index (Phi) is 5.23. The first-order valence-electron chi connectivity index (χ1n) is 7.48. The first-order valence-corrected chi connectivity index (χ1v) is 9.33. The summed E-state index contributed by atoms with van der Waals surface area (Å²) in [5, 5.41) is 2.78. The summed E-state index contributed by atoms with van der Waals surface area (Å²) < 4.78 is 30.4. The van der Waals surface area contributed by atoms with E-state index >= 15 is 0 Å². The van der Waals surface area contributed by atoms with Crippen molar-refractivity contribution in [3.63, 3.8) is 0 Å². The zero-order valence-corrected chi connectivity index (χ0v) is 14.1. The molecule has 1 unspecified atom stereocenters. The lowest BCUT2D eigenvalue weighted by Crippen LogP contribution is -2.44. The highest BCUT2D eigenvalue weighted by Crippen LogP contribution is 2.22. The number of nitrogens with one attached hydrogen (secondary N) is 1. The van der Waals surface area contributed by atoms with Crippen LogP contribution >= 0.6 is 0 Å². The molecule has 1 aromatic rings. The van der Waals surface area contributed by atoms with Crippen LogP contribution in [0.15, 0.2) is 4.42 Å². The fraction of sp³-hybridized carbons (Fsp3) is 0.714. The van der Waals surface area contributed by atoms with Crippen LogP contribution in [0, 0.1) is 13.8 Å². The molecule has 1 aliphatic heterocycles. The smallest absolute Gasteiger partial charge is 0.289 e. The van der Waals surface area contributed by atoms with Crippen molar-refractivity contribution in [1.82, 2.24) is 14.6 Å². The van der Waals surface area contributed by atoms with Crippen molar-refractivity contribution in [1.29, 1.82) is 0 Å². The molecule has 1 amide bonds. The number of aromatic nitrogens is 1. The van der Waals surface area contributed by atoms with Crippen molar-refractivity contribution >= 4 is 15.9 Å². The van der Waals surface area contributed by atoms with Crippen LogP contribution in [0.1, 0.15) is 47.8 Å². The van der Waals surface area contributed by atoms with Gasteiger partial charge in [-0.3, -0.25) is 4.79 Å². The van der Waals surface area contributed by atoms with E-state index in [-0.39, 0.29) is 17.7 Å². The first kappa shape index (κ1) is 17.0. The van der Waals surface area contributed by atoms with Crippen LogP contribution in [0.3, 0.4) is 0 Å². The van der Waals surface area contributed by atoms with E-state index in [1.165, 1.54) is 6.26 Å². The molecule has 1 atom stereocenters. The maximum atomic E-state index is 12.0. The molecule has 0 aliphatic carbocycles. The van der Waals surface area contributed by atoms with E-state index in [9.17, 15) is 13.2 Å². The second-order valence-electron chi connectivity index (χ2n) is 5.72. The van der Waals surface area contributed by atoms with Gasteiger partial charge in [-0.1, -0.05) is 6.42 Å². The largest absolute Gasteiger partial charge is 0.436 e. The van der Waals surface area contributed by atoms with Crippen LogP contribution in [0.5, 0.6) is 0 Å². The van der Waals surface area contributed by atoms with Gasteiger partial charge in [0.2, 0.25) is 15.8 Å². The normalized spacial score (nSPS) is 20.0. The zero-order chi connectivity index (χ0) is 16.3. The lowest BCUT2D eigenvalue weighted by atomic mass is 10.0. The van der Waals surface area contributed by atoms with Crippen molar-refractivity contribution in [3.05, 3.63) is 17.3 Å². The molecule has 124 valence electrons. The molecule has 2 rings (SSSR count). The van der Waals surface area contributed by atoms with Gasteiger partial charge >= 0.3 is 0 Å². The zero-order valence-electron chi connectivity index (χ0n) is 13.3. The minimum Gasteiger partial charge on any atom is -0.436 e. The number of rotatable bonds is 5. The molecule has 22 heavy (non-hydrogen) atoms. The second-order valence-corrected chi connectivity index (χ2v) is 7.65. The van der Waals surface area contributed by atoms with E-state index in [0.29, 0.717) is 31.1 Å². The van der Waals surface area contributed by atoms with Crippen LogP contribution in [-0.2, 0) is 10.0 Å². The molecule has 0 bridgehead atoms. The average molecular weight is 329 g/mol. The molecule has 1 fully saturated rings. The van der Waals surface area contributed by atoms with E-state index in [2.05, 4.69) is 10.3 Å². The van der Waals surface area contributed by atoms with Crippen molar-refractivity contribution in [3.8, 4) is 0 Å². The molecule has 1 aromatic heterocycles. The summed E-state index contributed by atoms with van der Waals surface area (Å²) in [7, 11) is -3.19. The number of aryl methyl sites for hydroxylation is 2. The Labute approximate surface area is 131 Å². The summed E-state index contributed by atoms with van der Waals surface area (Å²) in [6.45, 7) is 4.39. The third-order valence-electron chi connectivity index (χ3n) is 3.87. The van der Waals surface area contributed by atoms with Gasteiger partial charge in [-0.15, -0.1) is 0 Å². The average Bonchev–Trinajstić information content (AvgIpc) is 2.77. The Hall–Kier alpha value is -1.41. The predicted octanol–water partition coefficient (Wildman–Crippen LogP) is 1.23. The topological polar surface area (TPSA) is 92.5 Å². The third-order valence-corrected chi connectivity index (χ3v) is 5.20. The Balaban J connectivity index is 1.89. The number of hydrogen-bond acceptors (Lipinski definition) is 5. The van der Waals surface area contributed by atoms with Gasteiger partial charge in [0.15, 0.2) is 5.89 Å². The highest BCUT2D eigenvalue weighted by molar-refractivity contribution is 7.88. The minimum absolute atomic E-state index is 0.0402. The number of amides is 1. The van der Waals surface area contributed by atoms with Crippen LogP contribution in [0.2, 0.25) is 0 Å². The number of hydrogen-bond donors (Lipinski definition) is 1. The highest BCUT2D eigenvalue weighted by Gasteiger charge is 2.29. The predicted molar refractivity (Wildman–Crippen MR) is 82.1 cm³/mol. The Bertz CT molecular complexity index is 639. The maximum Gasteiger partial charge on any atom is 0.289 e. The van der Waals surface area contributed by atoms with Gasteiger partial charge in [-0.25, -0.2) is 13.4 Å². The van der Waals surface area contributed by atoms with E-state index in [4.69, 9.17) is 4.42 Å². The number of nitrogens with zero attached hydrogens (tertiary/aromatic N) is 2. The van der Waals surface area contributed by atoms with Crippen molar-refractivity contribution < 1.29 is 17.6 Å². The molecular formula is C14H23N3O4S. The Morgan fingerprint density at radius 2 is 2.14 bits per heavy atom. The first-order chi connectivity index (χ1) is 10.3. The van der Waals surface area contributed by atoms with E-state index in [1.807, 2.05) is 0 Å². The summed E-state index contributed by atoms with van der Waals surface area (Å²) in [5.41, 5.74) is 0.561. The maximum absolute atomic E-state index is 12.0. The summed E-state index contributed by atoms with van der Waals surface area (Å²) in [6, 6.07) is -0.0402. The van der Waals surface area contributed by atoms with Crippen LogP contribution in [0.4, 0.5) is 0 Å². The van der Waals surface area contributed by atoms with Gasteiger partial charge in [0.05, 0.1) is 11.9 Å². The summed E-state index contributed by atoms with van der Waals surface area (Å²) >= 11 is 0. The number of sulfonamides is 1. The Morgan fingerprint density at radius 1 is 1.41 bits per heavy atom. The van der Waals surface area contributed by atoms with Gasteiger partial charge in [-0.05, 0) is 26.2 Å². The lowest BCUT2D eigenvalue weighted by molar-refractivity contribution is 0.0919. The molecule has 0 saturated carbocycles. The van der Waals surface area contributed by atoms with Crippen molar-refractivity contribution in [2.45, 2.75) is 45.6 Å². The second kappa shape index (κ2) is 6.78. The Morgan fingerprint density at radius 3 is 2.73 bits per heavy atom. The monoisotopic (exact) mass is 329 g/mol.